The third-order valence-corrected chi connectivity index (χ3v) is 12.0. The van der Waals surface area contributed by atoms with E-state index in [1.807, 2.05) is 6.08 Å². The van der Waals surface area contributed by atoms with Crippen molar-refractivity contribution in [3.05, 3.63) is 72.9 Å². The Kier molecular flexibility index (Phi) is 42.2. The molecule has 7 unspecified atom stereocenters. The van der Waals surface area contributed by atoms with Gasteiger partial charge in [0.1, 0.15) is 24.4 Å². The van der Waals surface area contributed by atoms with Crippen molar-refractivity contribution in [2.75, 3.05) is 19.8 Å². The highest BCUT2D eigenvalue weighted by molar-refractivity contribution is 5.76. The van der Waals surface area contributed by atoms with Gasteiger partial charge in [-0.25, -0.2) is 0 Å². The minimum atomic E-state index is -1.59. The summed E-state index contributed by atoms with van der Waals surface area (Å²) in [6.45, 7) is 4.15. The van der Waals surface area contributed by atoms with Crippen LogP contribution < -0.4 is 5.32 Å². The fraction of sp³-hybridized carbons (Fsp3) is 0.750. The second-order valence-electron chi connectivity index (χ2n) is 18.2. The molecule has 1 rings (SSSR count). The van der Waals surface area contributed by atoms with Crippen molar-refractivity contribution in [3.8, 4) is 0 Å². The predicted molar refractivity (Wildman–Crippen MR) is 273 cm³/mol. The molecular formula is C56H97NO10. The average molecular weight is 944 g/mol. The lowest BCUT2D eigenvalue weighted by atomic mass is 9.99. The number of aliphatic hydroxyl groups is 5. The van der Waals surface area contributed by atoms with Gasteiger partial charge in [0, 0.05) is 12.8 Å². The zero-order valence-electron chi connectivity index (χ0n) is 42.1. The molecule has 11 heteroatoms. The predicted octanol–water partition coefficient (Wildman–Crippen LogP) is 11.3. The van der Waals surface area contributed by atoms with Gasteiger partial charge in [-0.15, -0.1) is 0 Å². The molecule has 1 fully saturated rings. The molecule has 1 aliphatic rings. The Balaban J connectivity index is 2.23. The van der Waals surface area contributed by atoms with Crippen LogP contribution in [0.4, 0.5) is 0 Å². The highest BCUT2D eigenvalue weighted by atomic mass is 16.7. The first-order valence-corrected chi connectivity index (χ1v) is 26.7. The van der Waals surface area contributed by atoms with E-state index in [1.54, 1.807) is 6.08 Å². The monoisotopic (exact) mass is 944 g/mol. The van der Waals surface area contributed by atoms with Crippen LogP contribution >= 0.6 is 0 Å². The fourth-order valence-electron chi connectivity index (χ4n) is 7.67. The first kappa shape index (κ1) is 62.1. The Bertz CT molecular complexity index is 1340. The third kappa shape index (κ3) is 35.8. The van der Waals surface area contributed by atoms with Crippen LogP contribution in [-0.4, -0.2) is 100 Å². The number of aliphatic hydroxyl groups excluding tert-OH is 5. The van der Waals surface area contributed by atoms with Crippen molar-refractivity contribution in [2.45, 2.75) is 249 Å². The van der Waals surface area contributed by atoms with Crippen molar-refractivity contribution in [1.29, 1.82) is 0 Å². The van der Waals surface area contributed by atoms with Gasteiger partial charge in [0.05, 0.1) is 32.0 Å². The van der Waals surface area contributed by atoms with E-state index < -0.39 is 49.5 Å². The number of esters is 1. The van der Waals surface area contributed by atoms with Crippen molar-refractivity contribution in [3.63, 3.8) is 0 Å². The van der Waals surface area contributed by atoms with Crippen molar-refractivity contribution < 1.29 is 49.3 Å². The van der Waals surface area contributed by atoms with Gasteiger partial charge in [0.15, 0.2) is 6.29 Å². The van der Waals surface area contributed by atoms with E-state index in [0.717, 1.165) is 103 Å². The van der Waals surface area contributed by atoms with Gasteiger partial charge >= 0.3 is 5.97 Å². The maximum atomic E-state index is 13.0. The van der Waals surface area contributed by atoms with E-state index in [9.17, 15) is 35.1 Å². The van der Waals surface area contributed by atoms with Crippen LogP contribution in [0.15, 0.2) is 72.9 Å². The third-order valence-electron chi connectivity index (χ3n) is 12.0. The second-order valence-corrected chi connectivity index (χ2v) is 18.2. The maximum absolute atomic E-state index is 13.0. The summed E-state index contributed by atoms with van der Waals surface area (Å²) in [6, 6.07) is -0.853. The molecule has 11 nitrogen and oxygen atoms in total. The standard InChI is InChI=1S/C56H97NO10/c1-3-5-7-9-11-13-15-19-23-26-30-34-38-42-49(59)48(47-66-56-55(64)54(63)53(62)50(46-58)67-56)57-51(60)43-39-35-31-27-24-20-17-16-18-21-25-29-33-37-41-45-65-52(61)44-40-36-32-28-22-14-12-10-8-6-4-2/h10-13,16,18,21,23,25-26,38,42,48-50,53-56,58-59,62-64H,3-9,14-15,17,19-20,22,24,27-37,39-41,43-47H2,1-2H3,(H,57,60)/b12-10-,13-11+,18-16-,25-21-,26-23+,42-38+. The molecule has 1 aliphatic heterocycles. The molecule has 0 spiro atoms. The number of rotatable bonds is 44. The first-order chi connectivity index (χ1) is 32.7. The Labute approximate surface area is 407 Å². The van der Waals surface area contributed by atoms with Gasteiger partial charge in [0.25, 0.3) is 0 Å². The number of amides is 1. The van der Waals surface area contributed by atoms with E-state index >= 15 is 0 Å². The molecule has 0 aromatic carbocycles. The molecule has 0 aromatic rings. The number of carbonyl (C=O) groups is 2. The Morgan fingerprint density at radius 1 is 0.552 bits per heavy atom. The lowest BCUT2D eigenvalue weighted by molar-refractivity contribution is -0.302. The molecule has 0 radical (unpaired) electrons. The lowest BCUT2D eigenvalue weighted by Gasteiger charge is -2.40. The van der Waals surface area contributed by atoms with Gasteiger partial charge in [-0.05, 0) is 109 Å². The fourth-order valence-corrected chi connectivity index (χ4v) is 7.67. The highest BCUT2D eigenvalue weighted by Crippen LogP contribution is 2.22. The smallest absolute Gasteiger partial charge is 0.305 e. The quantitative estimate of drug-likeness (QED) is 0.0149. The van der Waals surface area contributed by atoms with E-state index in [0.29, 0.717) is 32.3 Å². The summed E-state index contributed by atoms with van der Waals surface area (Å²) < 4.78 is 16.6. The Morgan fingerprint density at radius 3 is 1.61 bits per heavy atom. The molecule has 7 atom stereocenters. The molecular weight excluding hydrogens is 847 g/mol. The lowest BCUT2D eigenvalue weighted by Crippen LogP contribution is -2.60. The first-order valence-electron chi connectivity index (χ1n) is 26.7. The topological polar surface area (TPSA) is 175 Å². The zero-order chi connectivity index (χ0) is 48.8. The number of hydrogen-bond acceptors (Lipinski definition) is 10. The van der Waals surface area contributed by atoms with Crippen LogP contribution in [0.5, 0.6) is 0 Å². The normalized spacial score (nSPS) is 20.1. The van der Waals surface area contributed by atoms with Gasteiger partial charge in [-0.1, -0.05) is 157 Å². The van der Waals surface area contributed by atoms with Crippen molar-refractivity contribution in [2.24, 2.45) is 0 Å². The van der Waals surface area contributed by atoms with Gasteiger partial charge < -0.3 is 45.1 Å². The summed E-state index contributed by atoms with van der Waals surface area (Å²) in [5, 5.41) is 54.2. The van der Waals surface area contributed by atoms with Crippen LogP contribution in [-0.2, 0) is 23.8 Å². The largest absolute Gasteiger partial charge is 0.466 e. The minimum Gasteiger partial charge on any atom is -0.466 e. The molecule has 0 bridgehead atoms. The highest BCUT2D eigenvalue weighted by Gasteiger charge is 2.44. The van der Waals surface area contributed by atoms with Gasteiger partial charge in [0.2, 0.25) is 5.91 Å². The summed E-state index contributed by atoms with van der Waals surface area (Å²) in [6.07, 6.45) is 48.4. The van der Waals surface area contributed by atoms with Crippen LogP contribution in [0.2, 0.25) is 0 Å². The van der Waals surface area contributed by atoms with Crippen molar-refractivity contribution in [1.82, 2.24) is 5.32 Å². The molecule has 1 saturated heterocycles. The summed E-state index contributed by atoms with van der Waals surface area (Å²) >= 11 is 0. The summed E-state index contributed by atoms with van der Waals surface area (Å²) in [7, 11) is 0. The maximum Gasteiger partial charge on any atom is 0.305 e. The van der Waals surface area contributed by atoms with Crippen LogP contribution in [0.1, 0.15) is 206 Å². The number of carbonyl (C=O) groups excluding carboxylic acids is 2. The van der Waals surface area contributed by atoms with Gasteiger partial charge in [-0.2, -0.15) is 0 Å². The molecule has 0 aromatic heterocycles. The Morgan fingerprint density at radius 2 is 1.03 bits per heavy atom. The van der Waals surface area contributed by atoms with E-state index in [2.05, 4.69) is 79.9 Å². The molecule has 6 N–H and O–H groups in total. The zero-order valence-corrected chi connectivity index (χ0v) is 42.1. The van der Waals surface area contributed by atoms with E-state index in [4.69, 9.17) is 14.2 Å². The van der Waals surface area contributed by atoms with Crippen molar-refractivity contribution >= 4 is 11.9 Å². The number of nitrogens with one attached hydrogen (secondary N) is 1. The molecule has 386 valence electrons. The molecule has 0 aliphatic carbocycles. The van der Waals surface area contributed by atoms with E-state index in [-0.39, 0.29) is 18.5 Å². The molecule has 67 heavy (non-hydrogen) atoms. The Hall–Kier alpha value is -2.90. The SMILES string of the molecule is CCCC/C=C\CCCCCCCC(=O)OCCCCC/C=C\C=C/CCCCCCCCC(=O)NC(COC1OC(CO)C(O)C(O)C1O)C(O)/C=C/CC/C=C/CC/C=C/CCCCC. The van der Waals surface area contributed by atoms with Crippen LogP contribution in [0.25, 0.3) is 0 Å². The minimum absolute atomic E-state index is 0.0550. The second kappa shape index (κ2) is 45.5. The summed E-state index contributed by atoms with van der Waals surface area (Å²) in [5.74, 6) is -0.277. The summed E-state index contributed by atoms with van der Waals surface area (Å²) in [4.78, 5) is 25.0. The van der Waals surface area contributed by atoms with Gasteiger partial charge in [-0.3, -0.25) is 9.59 Å². The average Bonchev–Trinajstić information content (AvgIpc) is 3.32. The number of ether oxygens (including phenoxy) is 3. The number of hydrogen-bond donors (Lipinski definition) is 6. The van der Waals surface area contributed by atoms with Crippen LogP contribution in [0.3, 0.4) is 0 Å². The summed E-state index contributed by atoms with van der Waals surface area (Å²) in [5.41, 5.74) is 0. The molecule has 0 saturated carbocycles. The van der Waals surface area contributed by atoms with E-state index in [1.165, 1.54) is 64.2 Å². The molecule has 1 amide bonds. The van der Waals surface area contributed by atoms with Crippen LogP contribution in [0, 0.1) is 0 Å². The number of allylic oxidation sites excluding steroid dienone is 11. The number of unbranched alkanes of at least 4 members (excludes halogenated alkanes) is 21. The molecule has 1 heterocycles.